The lowest BCUT2D eigenvalue weighted by atomic mass is 9.69. The van der Waals surface area contributed by atoms with Crippen LogP contribution in [0, 0.1) is 11.3 Å². The fraction of sp³-hybridized carbons (Fsp3) is 1.00. The molecule has 0 heterocycles. The van der Waals surface area contributed by atoms with Crippen molar-refractivity contribution in [3.63, 3.8) is 0 Å². The third-order valence-corrected chi connectivity index (χ3v) is 2.98. The van der Waals surface area contributed by atoms with Gasteiger partial charge in [0.05, 0.1) is 6.10 Å². The quantitative estimate of drug-likeness (QED) is 0.580. The Labute approximate surface area is 75.2 Å². The minimum Gasteiger partial charge on any atom is -0.393 e. The number of aliphatic hydroxyl groups excluding tert-OH is 1. The molecule has 0 amide bonds. The van der Waals surface area contributed by atoms with Crippen LogP contribution < -0.4 is 5.73 Å². The monoisotopic (exact) mass is 171 g/mol. The van der Waals surface area contributed by atoms with Crippen LogP contribution in [0.15, 0.2) is 0 Å². The van der Waals surface area contributed by atoms with E-state index in [9.17, 15) is 5.11 Å². The highest BCUT2D eigenvalue weighted by Crippen LogP contribution is 2.36. The molecule has 72 valence electrons. The van der Waals surface area contributed by atoms with Crippen LogP contribution in [-0.4, -0.2) is 17.3 Å². The molecule has 1 fully saturated rings. The van der Waals surface area contributed by atoms with Gasteiger partial charge >= 0.3 is 0 Å². The summed E-state index contributed by atoms with van der Waals surface area (Å²) in [4.78, 5) is 0. The third kappa shape index (κ3) is 2.20. The Morgan fingerprint density at radius 3 is 2.25 bits per heavy atom. The Bertz CT molecular complexity index is 150. The fourth-order valence-electron chi connectivity index (χ4n) is 2.26. The molecule has 0 bridgehead atoms. The van der Waals surface area contributed by atoms with Gasteiger partial charge in [-0.25, -0.2) is 0 Å². The maximum Gasteiger partial charge on any atom is 0.0555 e. The summed E-state index contributed by atoms with van der Waals surface area (Å²) < 4.78 is 0. The molecule has 0 spiro atoms. The summed E-state index contributed by atoms with van der Waals surface area (Å²) in [6, 6.07) is 0.189. The second-order valence-electron chi connectivity index (χ2n) is 5.10. The molecular formula is C10H21NO. The zero-order valence-corrected chi connectivity index (χ0v) is 8.38. The lowest BCUT2D eigenvalue weighted by Crippen LogP contribution is -2.44. The van der Waals surface area contributed by atoms with Crippen molar-refractivity contribution in [1.29, 1.82) is 0 Å². The molecule has 0 radical (unpaired) electrons. The van der Waals surface area contributed by atoms with Gasteiger partial charge in [-0.05, 0) is 30.6 Å². The minimum atomic E-state index is -0.154. The van der Waals surface area contributed by atoms with Gasteiger partial charge in [0, 0.05) is 6.04 Å². The molecule has 0 aromatic heterocycles. The summed E-state index contributed by atoms with van der Waals surface area (Å²) in [5, 5.41) is 9.38. The van der Waals surface area contributed by atoms with Gasteiger partial charge in [0.1, 0.15) is 0 Å². The van der Waals surface area contributed by atoms with E-state index in [-0.39, 0.29) is 12.1 Å². The maximum absolute atomic E-state index is 9.38. The van der Waals surface area contributed by atoms with Crippen molar-refractivity contribution in [3.8, 4) is 0 Å². The highest BCUT2D eigenvalue weighted by molar-refractivity contribution is 4.88. The molecule has 0 aliphatic heterocycles. The highest BCUT2D eigenvalue weighted by atomic mass is 16.3. The van der Waals surface area contributed by atoms with Crippen molar-refractivity contribution in [2.24, 2.45) is 17.1 Å². The summed E-state index contributed by atoms with van der Waals surface area (Å²) in [5.41, 5.74) is 6.29. The average molecular weight is 171 g/mol. The molecule has 0 saturated heterocycles. The van der Waals surface area contributed by atoms with Gasteiger partial charge in [-0.1, -0.05) is 20.8 Å². The van der Waals surface area contributed by atoms with E-state index in [4.69, 9.17) is 5.73 Å². The number of nitrogens with two attached hydrogens (primary N) is 1. The Morgan fingerprint density at radius 1 is 1.25 bits per heavy atom. The van der Waals surface area contributed by atoms with Crippen LogP contribution in [0.25, 0.3) is 0 Å². The van der Waals surface area contributed by atoms with Crippen molar-refractivity contribution in [1.82, 2.24) is 0 Å². The standard InChI is InChI=1S/C10H21NO/c1-10(2,3)8-5-4-7(12)6-9(8)11/h7-9,12H,4-6,11H2,1-3H3. The van der Waals surface area contributed by atoms with Crippen LogP contribution in [-0.2, 0) is 0 Å². The third-order valence-electron chi connectivity index (χ3n) is 2.98. The van der Waals surface area contributed by atoms with Crippen LogP contribution in [0.5, 0.6) is 0 Å². The number of hydrogen-bond donors (Lipinski definition) is 2. The van der Waals surface area contributed by atoms with Crippen LogP contribution in [0.1, 0.15) is 40.0 Å². The molecule has 1 aliphatic rings. The number of hydrogen-bond acceptors (Lipinski definition) is 2. The van der Waals surface area contributed by atoms with E-state index in [1.54, 1.807) is 0 Å². The first-order valence-corrected chi connectivity index (χ1v) is 4.85. The molecule has 1 rings (SSSR count). The van der Waals surface area contributed by atoms with E-state index >= 15 is 0 Å². The molecule has 0 aromatic rings. The highest BCUT2D eigenvalue weighted by Gasteiger charge is 2.34. The molecule has 0 aromatic carbocycles. The summed E-state index contributed by atoms with van der Waals surface area (Å²) in [7, 11) is 0. The van der Waals surface area contributed by atoms with Crippen molar-refractivity contribution in [2.75, 3.05) is 0 Å². The van der Waals surface area contributed by atoms with E-state index in [0.717, 1.165) is 19.3 Å². The predicted molar refractivity (Wildman–Crippen MR) is 50.8 cm³/mol. The summed E-state index contributed by atoms with van der Waals surface area (Å²) in [6.45, 7) is 6.69. The molecule has 1 aliphatic carbocycles. The van der Waals surface area contributed by atoms with Crippen LogP contribution in [0.3, 0.4) is 0 Å². The SMILES string of the molecule is CC(C)(C)C1CCC(O)CC1N. The second-order valence-corrected chi connectivity index (χ2v) is 5.10. The van der Waals surface area contributed by atoms with Gasteiger partial charge in [0.2, 0.25) is 0 Å². The smallest absolute Gasteiger partial charge is 0.0555 e. The first kappa shape index (κ1) is 10.0. The topological polar surface area (TPSA) is 46.2 Å². The Morgan fingerprint density at radius 2 is 1.83 bits per heavy atom. The van der Waals surface area contributed by atoms with E-state index in [1.807, 2.05) is 0 Å². The molecular weight excluding hydrogens is 150 g/mol. The van der Waals surface area contributed by atoms with E-state index in [1.165, 1.54) is 0 Å². The molecule has 1 saturated carbocycles. The molecule has 3 atom stereocenters. The normalized spacial score (nSPS) is 38.2. The van der Waals surface area contributed by atoms with Gasteiger partial charge in [0.15, 0.2) is 0 Å². The zero-order valence-electron chi connectivity index (χ0n) is 8.38. The maximum atomic E-state index is 9.38. The van der Waals surface area contributed by atoms with Crippen molar-refractivity contribution in [3.05, 3.63) is 0 Å². The largest absolute Gasteiger partial charge is 0.393 e. The Hall–Kier alpha value is -0.0800. The van der Waals surface area contributed by atoms with Gasteiger partial charge < -0.3 is 10.8 Å². The van der Waals surface area contributed by atoms with E-state index in [2.05, 4.69) is 20.8 Å². The van der Waals surface area contributed by atoms with Crippen molar-refractivity contribution < 1.29 is 5.11 Å². The lowest BCUT2D eigenvalue weighted by molar-refractivity contribution is 0.0563. The Balaban J connectivity index is 2.57. The van der Waals surface area contributed by atoms with Gasteiger partial charge in [-0.15, -0.1) is 0 Å². The molecule has 2 nitrogen and oxygen atoms in total. The molecule has 12 heavy (non-hydrogen) atoms. The van der Waals surface area contributed by atoms with E-state index < -0.39 is 0 Å². The average Bonchev–Trinajstić information content (AvgIpc) is 1.83. The summed E-state index contributed by atoms with van der Waals surface area (Å²) >= 11 is 0. The summed E-state index contributed by atoms with van der Waals surface area (Å²) in [5.74, 6) is 0.570. The first-order chi connectivity index (χ1) is 5.41. The van der Waals surface area contributed by atoms with Crippen LogP contribution in [0.4, 0.5) is 0 Å². The zero-order chi connectivity index (χ0) is 9.35. The molecule has 3 unspecified atom stereocenters. The Kier molecular flexibility index (Phi) is 2.79. The molecule has 2 heteroatoms. The van der Waals surface area contributed by atoms with Crippen LogP contribution in [0.2, 0.25) is 0 Å². The van der Waals surface area contributed by atoms with Gasteiger partial charge in [-0.2, -0.15) is 0 Å². The first-order valence-electron chi connectivity index (χ1n) is 4.85. The number of rotatable bonds is 0. The van der Waals surface area contributed by atoms with Crippen molar-refractivity contribution >= 4 is 0 Å². The van der Waals surface area contributed by atoms with Crippen LogP contribution >= 0.6 is 0 Å². The predicted octanol–water partition coefficient (Wildman–Crippen LogP) is 1.52. The van der Waals surface area contributed by atoms with E-state index in [0.29, 0.717) is 11.3 Å². The molecule has 3 N–H and O–H groups in total. The minimum absolute atomic E-state index is 0.154. The number of aliphatic hydroxyl groups is 1. The lowest BCUT2D eigenvalue weighted by Gasteiger charge is -2.40. The fourth-order valence-corrected chi connectivity index (χ4v) is 2.26. The summed E-state index contributed by atoms with van der Waals surface area (Å²) in [6.07, 6.45) is 2.63. The van der Waals surface area contributed by atoms with Gasteiger partial charge in [-0.3, -0.25) is 0 Å². The van der Waals surface area contributed by atoms with Gasteiger partial charge in [0.25, 0.3) is 0 Å². The second kappa shape index (κ2) is 3.35. The van der Waals surface area contributed by atoms with Crippen molar-refractivity contribution in [2.45, 2.75) is 52.2 Å².